The van der Waals surface area contributed by atoms with Crippen LogP contribution in [-0.4, -0.2) is 66.1 Å². The van der Waals surface area contributed by atoms with Gasteiger partial charge >= 0.3 is 6.03 Å². The second-order valence-electron chi connectivity index (χ2n) is 8.59. The second kappa shape index (κ2) is 10.7. The summed E-state index contributed by atoms with van der Waals surface area (Å²) in [6, 6.07) is -0.524. The summed E-state index contributed by atoms with van der Waals surface area (Å²) in [4.78, 5) is 45.2. The van der Waals surface area contributed by atoms with Crippen molar-refractivity contribution < 1.29 is 14.4 Å². The number of carbonyl (C=O) groups excluding carboxylic acids is 3. The summed E-state index contributed by atoms with van der Waals surface area (Å²) in [6.07, 6.45) is 11.1. The fourth-order valence-electron chi connectivity index (χ4n) is 4.10. The molecule has 0 saturated carbocycles. The normalized spacial score (nSPS) is 22.6. The van der Waals surface area contributed by atoms with E-state index in [2.05, 4.69) is 29.1 Å². The highest BCUT2D eigenvalue weighted by molar-refractivity contribution is 6.23. The zero-order valence-corrected chi connectivity index (χ0v) is 18.2. The van der Waals surface area contributed by atoms with Crippen LogP contribution in [-0.2, 0) is 9.59 Å². The van der Waals surface area contributed by atoms with Gasteiger partial charge in [0.25, 0.3) is 5.91 Å². The SMILES string of the molecule is CCCCCN1C(=O)N=C2C=C(C(=O)NCCCN3CCC(C)CC3)C=CC2C1=O. The molecule has 0 aromatic rings. The largest absolute Gasteiger partial charge is 0.352 e. The van der Waals surface area contributed by atoms with Crippen LogP contribution in [0.5, 0.6) is 0 Å². The second-order valence-corrected chi connectivity index (χ2v) is 8.59. The lowest BCUT2D eigenvalue weighted by Gasteiger charge is -2.30. The molecule has 0 aromatic carbocycles. The lowest BCUT2D eigenvalue weighted by atomic mass is 9.91. The summed E-state index contributed by atoms with van der Waals surface area (Å²) < 4.78 is 0. The third kappa shape index (κ3) is 5.65. The molecule has 2 aliphatic heterocycles. The first kappa shape index (κ1) is 22.4. The smallest absolute Gasteiger partial charge is 0.350 e. The predicted molar refractivity (Wildman–Crippen MR) is 117 cm³/mol. The first-order chi connectivity index (χ1) is 14.5. The Morgan fingerprint density at radius 3 is 2.67 bits per heavy atom. The van der Waals surface area contributed by atoms with Crippen LogP contribution < -0.4 is 5.32 Å². The molecule has 30 heavy (non-hydrogen) atoms. The van der Waals surface area contributed by atoms with Crippen LogP contribution in [0.3, 0.4) is 0 Å². The highest BCUT2D eigenvalue weighted by atomic mass is 16.2. The number of aliphatic imine (C=N–C) groups is 1. The molecule has 1 atom stereocenters. The van der Waals surface area contributed by atoms with Crippen LogP contribution in [0.4, 0.5) is 4.79 Å². The van der Waals surface area contributed by atoms with Gasteiger partial charge < -0.3 is 10.2 Å². The summed E-state index contributed by atoms with van der Waals surface area (Å²) in [6.45, 7) is 8.66. The highest BCUT2D eigenvalue weighted by Crippen LogP contribution is 2.23. The van der Waals surface area contributed by atoms with Crippen LogP contribution in [0.1, 0.15) is 52.4 Å². The monoisotopic (exact) mass is 414 g/mol. The minimum absolute atomic E-state index is 0.190. The van der Waals surface area contributed by atoms with Gasteiger partial charge in [0, 0.05) is 18.7 Å². The molecule has 1 unspecified atom stereocenters. The van der Waals surface area contributed by atoms with Crippen LogP contribution in [0, 0.1) is 11.8 Å². The fourth-order valence-corrected chi connectivity index (χ4v) is 4.10. The maximum absolute atomic E-state index is 12.7. The van der Waals surface area contributed by atoms with Crippen molar-refractivity contribution in [2.45, 2.75) is 52.4 Å². The van der Waals surface area contributed by atoms with E-state index in [0.717, 1.165) is 51.2 Å². The first-order valence-corrected chi connectivity index (χ1v) is 11.3. The Morgan fingerprint density at radius 2 is 1.93 bits per heavy atom. The Bertz CT molecular complexity index is 748. The molecule has 164 valence electrons. The number of unbranched alkanes of at least 4 members (excludes halogenated alkanes) is 2. The predicted octanol–water partition coefficient (Wildman–Crippen LogP) is 2.93. The maximum Gasteiger partial charge on any atom is 0.350 e. The minimum atomic E-state index is -0.567. The van der Waals surface area contributed by atoms with Crippen molar-refractivity contribution in [1.29, 1.82) is 0 Å². The zero-order valence-electron chi connectivity index (χ0n) is 18.2. The topological polar surface area (TPSA) is 82.1 Å². The molecule has 1 saturated heterocycles. The van der Waals surface area contributed by atoms with E-state index in [-0.39, 0.29) is 11.8 Å². The Labute approximate surface area is 179 Å². The van der Waals surface area contributed by atoms with Gasteiger partial charge in [0.2, 0.25) is 5.91 Å². The molecule has 0 bridgehead atoms. The zero-order chi connectivity index (χ0) is 21.5. The van der Waals surface area contributed by atoms with E-state index in [1.54, 1.807) is 18.2 Å². The van der Waals surface area contributed by atoms with Gasteiger partial charge in [-0.25, -0.2) is 4.79 Å². The van der Waals surface area contributed by atoms with Crippen molar-refractivity contribution in [2.75, 3.05) is 32.7 Å². The van der Waals surface area contributed by atoms with Crippen molar-refractivity contribution in [1.82, 2.24) is 15.1 Å². The molecular weight excluding hydrogens is 380 g/mol. The van der Waals surface area contributed by atoms with Crippen LogP contribution >= 0.6 is 0 Å². The number of nitrogens with zero attached hydrogens (tertiary/aromatic N) is 3. The van der Waals surface area contributed by atoms with Crippen molar-refractivity contribution in [3.05, 3.63) is 23.8 Å². The fraction of sp³-hybridized carbons (Fsp3) is 0.652. The van der Waals surface area contributed by atoms with E-state index >= 15 is 0 Å². The molecule has 3 rings (SSSR count). The Hall–Kier alpha value is -2.28. The molecule has 7 heteroatoms. The van der Waals surface area contributed by atoms with E-state index in [1.165, 1.54) is 17.7 Å². The maximum atomic E-state index is 12.7. The van der Waals surface area contributed by atoms with E-state index in [0.29, 0.717) is 24.4 Å². The van der Waals surface area contributed by atoms with Crippen LogP contribution in [0.25, 0.3) is 0 Å². The van der Waals surface area contributed by atoms with Crippen molar-refractivity contribution in [3.8, 4) is 0 Å². The average Bonchev–Trinajstić information content (AvgIpc) is 2.74. The van der Waals surface area contributed by atoms with E-state index < -0.39 is 11.9 Å². The van der Waals surface area contributed by atoms with Gasteiger partial charge in [-0.05, 0) is 57.3 Å². The van der Waals surface area contributed by atoms with Crippen molar-refractivity contribution in [2.24, 2.45) is 16.8 Å². The average molecular weight is 415 g/mol. The molecule has 4 amide bonds. The lowest BCUT2D eigenvalue weighted by molar-refractivity contribution is -0.129. The number of fused-ring (bicyclic) bond motifs is 1. The molecule has 7 nitrogen and oxygen atoms in total. The molecule has 0 aromatic heterocycles. The number of imide groups is 1. The van der Waals surface area contributed by atoms with Gasteiger partial charge in [-0.3, -0.25) is 14.5 Å². The molecule has 1 fully saturated rings. The number of rotatable bonds is 9. The number of likely N-dealkylation sites (tertiary alicyclic amines) is 1. The number of urea groups is 1. The Balaban J connectivity index is 1.49. The first-order valence-electron chi connectivity index (χ1n) is 11.3. The molecular formula is C23H34N4O3. The Kier molecular flexibility index (Phi) is 7.96. The Morgan fingerprint density at radius 1 is 1.17 bits per heavy atom. The number of piperidine rings is 1. The summed E-state index contributed by atoms with van der Waals surface area (Å²) in [5, 5.41) is 2.94. The molecule has 0 spiro atoms. The van der Waals surface area contributed by atoms with Gasteiger partial charge in [-0.15, -0.1) is 0 Å². The number of hydrogen-bond donors (Lipinski definition) is 1. The number of nitrogens with one attached hydrogen (secondary N) is 1. The number of allylic oxidation sites excluding steroid dienone is 1. The quantitative estimate of drug-likeness (QED) is 0.588. The van der Waals surface area contributed by atoms with Gasteiger partial charge in [-0.2, -0.15) is 4.99 Å². The highest BCUT2D eigenvalue weighted by Gasteiger charge is 2.36. The molecule has 0 radical (unpaired) electrons. The van der Waals surface area contributed by atoms with E-state index in [4.69, 9.17) is 0 Å². The molecule has 3 aliphatic rings. The standard InChI is InChI=1S/C23H34N4O3/c1-3-4-5-13-27-22(29)19-8-7-18(16-20(19)25-23(27)30)21(28)24-11-6-12-26-14-9-17(2)10-15-26/h7-8,16-17,19H,3-6,9-15H2,1-2H3,(H,24,28). The van der Waals surface area contributed by atoms with Crippen molar-refractivity contribution >= 4 is 23.6 Å². The van der Waals surface area contributed by atoms with Gasteiger partial charge in [-0.1, -0.05) is 38.8 Å². The molecule has 1 N–H and O–H groups in total. The van der Waals surface area contributed by atoms with Crippen LogP contribution in [0.2, 0.25) is 0 Å². The summed E-state index contributed by atoms with van der Waals surface area (Å²) in [5.74, 6) is -0.184. The molecule has 2 heterocycles. The van der Waals surface area contributed by atoms with Gasteiger partial charge in [0.1, 0.15) is 0 Å². The third-order valence-electron chi connectivity index (χ3n) is 6.14. The lowest BCUT2D eigenvalue weighted by Crippen LogP contribution is -2.46. The summed E-state index contributed by atoms with van der Waals surface area (Å²) >= 11 is 0. The number of hydrogen-bond acceptors (Lipinski definition) is 4. The van der Waals surface area contributed by atoms with E-state index in [9.17, 15) is 14.4 Å². The third-order valence-corrected chi connectivity index (χ3v) is 6.14. The minimum Gasteiger partial charge on any atom is -0.352 e. The van der Waals surface area contributed by atoms with Crippen LogP contribution in [0.15, 0.2) is 28.8 Å². The van der Waals surface area contributed by atoms with Gasteiger partial charge in [0.15, 0.2) is 0 Å². The van der Waals surface area contributed by atoms with Crippen molar-refractivity contribution in [3.63, 3.8) is 0 Å². The van der Waals surface area contributed by atoms with Gasteiger partial charge in [0.05, 0.1) is 11.6 Å². The molecule has 1 aliphatic carbocycles. The summed E-state index contributed by atoms with van der Waals surface area (Å²) in [7, 11) is 0. The number of carbonyl (C=O) groups is 3. The van der Waals surface area contributed by atoms with E-state index in [1.807, 2.05) is 0 Å². The summed E-state index contributed by atoms with van der Waals surface area (Å²) in [5.41, 5.74) is 0.809. The number of amides is 4.